The average Bonchev–Trinajstić information content (AvgIpc) is 2.40. The van der Waals surface area contributed by atoms with E-state index in [9.17, 15) is 13.2 Å². The number of nitrogens with one attached hydrogen (secondary N) is 2. The molecule has 2 rings (SSSR count). The number of hydrogen-bond acceptors (Lipinski definition) is 4. The minimum Gasteiger partial charge on any atom is -0.324 e. The van der Waals surface area contributed by atoms with Gasteiger partial charge in [0, 0.05) is 5.69 Å². The largest absolute Gasteiger partial charge is 0.324 e. The van der Waals surface area contributed by atoms with Crippen LogP contribution in [0.3, 0.4) is 0 Å². The van der Waals surface area contributed by atoms with Crippen LogP contribution < -0.4 is 15.8 Å². The number of anilines is 1. The molecule has 0 aliphatic carbocycles. The summed E-state index contributed by atoms with van der Waals surface area (Å²) >= 11 is 0. The van der Waals surface area contributed by atoms with Crippen LogP contribution in [0.25, 0.3) is 0 Å². The summed E-state index contributed by atoms with van der Waals surface area (Å²) in [6.07, 6.45) is 2.06. The van der Waals surface area contributed by atoms with Crippen LogP contribution in [-0.2, 0) is 14.8 Å². The van der Waals surface area contributed by atoms with Crippen molar-refractivity contribution < 1.29 is 13.2 Å². The maximum Gasteiger partial charge on any atom is 0.241 e. The van der Waals surface area contributed by atoms with Crippen molar-refractivity contribution in [1.29, 1.82) is 0 Å². The molecule has 1 saturated heterocycles. The monoisotopic (exact) mass is 311 g/mol. The molecule has 2 atom stereocenters. The molecule has 0 saturated carbocycles. The SMILES string of the molecule is Cc1ccc(S(N)(=O)=O)cc1NC(=O)C1NCCCC1C. The Bertz CT molecular complexity index is 643. The van der Waals surface area contributed by atoms with Crippen molar-refractivity contribution in [3.63, 3.8) is 0 Å². The van der Waals surface area contributed by atoms with Crippen molar-refractivity contribution in [2.24, 2.45) is 11.1 Å². The molecular weight excluding hydrogens is 290 g/mol. The van der Waals surface area contributed by atoms with Crippen molar-refractivity contribution in [3.05, 3.63) is 23.8 Å². The zero-order valence-electron chi connectivity index (χ0n) is 12.2. The van der Waals surface area contributed by atoms with Crippen LogP contribution in [0, 0.1) is 12.8 Å². The Hall–Kier alpha value is -1.44. The number of amides is 1. The van der Waals surface area contributed by atoms with Gasteiger partial charge in [-0.15, -0.1) is 0 Å². The van der Waals surface area contributed by atoms with E-state index in [0.29, 0.717) is 5.69 Å². The molecule has 1 amide bonds. The molecule has 21 heavy (non-hydrogen) atoms. The highest BCUT2D eigenvalue weighted by molar-refractivity contribution is 7.89. The van der Waals surface area contributed by atoms with E-state index in [0.717, 1.165) is 24.9 Å². The zero-order valence-corrected chi connectivity index (χ0v) is 13.0. The Kier molecular flexibility index (Phi) is 4.65. The number of rotatable bonds is 3. The Morgan fingerprint density at radius 1 is 1.43 bits per heavy atom. The highest BCUT2D eigenvalue weighted by atomic mass is 32.2. The van der Waals surface area contributed by atoms with Gasteiger partial charge in [-0.3, -0.25) is 4.79 Å². The maximum atomic E-state index is 12.3. The Morgan fingerprint density at radius 3 is 2.76 bits per heavy atom. The van der Waals surface area contributed by atoms with Crippen LogP contribution in [0.15, 0.2) is 23.1 Å². The second-order valence-electron chi connectivity index (χ2n) is 5.56. The smallest absolute Gasteiger partial charge is 0.241 e. The number of benzene rings is 1. The van der Waals surface area contributed by atoms with Gasteiger partial charge < -0.3 is 10.6 Å². The van der Waals surface area contributed by atoms with E-state index >= 15 is 0 Å². The lowest BCUT2D eigenvalue weighted by molar-refractivity contribution is -0.119. The van der Waals surface area contributed by atoms with Gasteiger partial charge in [0.25, 0.3) is 0 Å². The minimum absolute atomic E-state index is 0.00643. The fraction of sp³-hybridized carbons (Fsp3) is 0.500. The highest BCUT2D eigenvalue weighted by Crippen LogP contribution is 2.22. The number of sulfonamides is 1. The van der Waals surface area contributed by atoms with Gasteiger partial charge in [0.15, 0.2) is 0 Å². The Morgan fingerprint density at radius 2 is 2.14 bits per heavy atom. The van der Waals surface area contributed by atoms with Crippen molar-refractivity contribution in [2.45, 2.75) is 37.6 Å². The summed E-state index contributed by atoms with van der Waals surface area (Å²) in [6, 6.07) is 4.21. The number of carbonyl (C=O) groups is 1. The second-order valence-corrected chi connectivity index (χ2v) is 7.12. The minimum atomic E-state index is -3.78. The normalized spacial score (nSPS) is 22.8. The van der Waals surface area contributed by atoms with E-state index in [4.69, 9.17) is 5.14 Å². The van der Waals surface area contributed by atoms with Crippen molar-refractivity contribution in [2.75, 3.05) is 11.9 Å². The Labute approximate surface area is 125 Å². The van der Waals surface area contributed by atoms with Crippen molar-refractivity contribution >= 4 is 21.6 Å². The molecule has 1 aromatic rings. The molecule has 0 spiro atoms. The zero-order chi connectivity index (χ0) is 15.6. The third-order valence-electron chi connectivity index (χ3n) is 3.85. The van der Waals surface area contributed by atoms with E-state index < -0.39 is 10.0 Å². The predicted molar refractivity (Wildman–Crippen MR) is 81.4 cm³/mol. The summed E-state index contributed by atoms with van der Waals surface area (Å²) in [5, 5.41) is 11.1. The molecule has 1 aliphatic heterocycles. The molecule has 116 valence electrons. The Balaban J connectivity index is 2.20. The second kappa shape index (κ2) is 6.13. The van der Waals surface area contributed by atoms with Crippen LogP contribution in [0.5, 0.6) is 0 Å². The van der Waals surface area contributed by atoms with Crippen molar-refractivity contribution in [1.82, 2.24) is 5.32 Å². The van der Waals surface area contributed by atoms with Gasteiger partial charge in [0.2, 0.25) is 15.9 Å². The van der Waals surface area contributed by atoms with E-state index in [1.54, 1.807) is 13.0 Å². The first-order valence-electron chi connectivity index (χ1n) is 6.97. The first kappa shape index (κ1) is 15.9. The molecule has 2 unspecified atom stereocenters. The molecule has 0 aromatic heterocycles. The summed E-state index contributed by atoms with van der Waals surface area (Å²) in [5.41, 5.74) is 1.27. The van der Waals surface area contributed by atoms with Gasteiger partial charge in [-0.2, -0.15) is 0 Å². The summed E-state index contributed by atoms with van der Waals surface area (Å²) in [7, 11) is -3.78. The number of aryl methyl sites for hydroxylation is 1. The first-order valence-corrected chi connectivity index (χ1v) is 8.51. The molecule has 1 fully saturated rings. The third-order valence-corrected chi connectivity index (χ3v) is 4.76. The lowest BCUT2D eigenvalue weighted by Gasteiger charge is -2.29. The van der Waals surface area contributed by atoms with E-state index in [1.165, 1.54) is 12.1 Å². The maximum absolute atomic E-state index is 12.3. The lowest BCUT2D eigenvalue weighted by Crippen LogP contribution is -2.48. The molecule has 1 heterocycles. The number of piperidine rings is 1. The molecule has 4 N–H and O–H groups in total. The van der Waals surface area contributed by atoms with Gasteiger partial charge >= 0.3 is 0 Å². The molecule has 0 radical (unpaired) electrons. The van der Waals surface area contributed by atoms with Crippen LogP contribution in [0.1, 0.15) is 25.3 Å². The van der Waals surface area contributed by atoms with Crippen LogP contribution in [-0.4, -0.2) is 26.9 Å². The number of primary sulfonamides is 1. The molecule has 1 aliphatic rings. The molecule has 0 bridgehead atoms. The summed E-state index contributed by atoms with van der Waals surface area (Å²) in [6.45, 7) is 4.66. The third kappa shape index (κ3) is 3.81. The summed E-state index contributed by atoms with van der Waals surface area (Å²) in [4.78, 5) is 12.3. The molecule has 1 aromatic carbocycles. The van der Waals surface area contributed by atoms with E-state index in [1.807, 2.05) is 6.92 Å². The van der Waals surface area contributed by atoms with E-state index in [-0.39, 0.29) is 22.8 Å². The fourth-order valence-electron chi connectivity index (χ4n) is 2.52. The van der Waals surface area contributed by atoms with Crippen LogP contribution in [0.4, 0.5) is 5.69 Å². The summed E-state index contributed by atoms with van der Waals surface area (Å²) in [5.74, 6) is 0.109. The van der Waals surface area contributed by atoms with Gasteiger partial charge in [0.1, 0.15) is 0 Å². The van der Waals surface area contributed by atoms with Crippen LogP contribution in [0.2, 0.25) is 0 Å². The number of hydrogen-bond donors (Lipinski definition) is 3. The van der Waals surface area contributed by atoms with Gasteiger partial charge in [0.05, 0.1) is 10.9 Å². The van der Waals surface area contributed by atoms with Gasteiger partial charge in [-0.05, 0) is 49.9 Å². The lowest BCUT2D eigenvalue weighted by atomic mass is 9.92. The standard InChI is InChI=1S/C14H21N3O3S/c1-9-5-6-11(21(15,19)20)8-12(9)17-14(18)13-10(2)4-3-7-16-13/h5-6,8,10,13,16H,3-4,7H2,1-2H3,(H,17,18)(H2,15,19,20). The molecule has 7 heteroatoms. The van der Waals surface area contributed by atoms with E-state index in [2.05, 4.69) is 10.6 Å². The van der Waals surface area contributed by atoms with Gasteiger partial charge in [-0.25, -0.2) is 13.6 Å². The average molecular weight is 311 g/mol. The summed E-state index contributed by atoms with van der Waals surface area (Å²) < 4.78 is 22.8. The molecular formula is C14H21N3O3S. The fourth-order valence-corrected chi connectivity index (χ4v) is 3.06. The van der Waals surface area contributed by atoms with Crippen molar-refractivity contribution in [3.8, 4) is 0 Å². The van der Waals surface area contributed by atoms with Gasteiger partial charge in [-0.1, -0.05) is 13.0 Å². The topological polar surface area (TPSA) is 101 Å². The van der Waals surface area contributed by atoms with Crippen LogP contribution >= 0.6 is 0 Å². The highest BCUT2D eigenvalue weighted by Gasteiger charge is 2.27. The predicted octanol–water partition coefficient (Wildman–Crippen LogP) is 0.969. The molecule has 6 nitrogen and oxygen atoms in total. The number of carbonyl (C=O) groups excluding carboxylic acids is 1. The quantitative estimate of drug-likeness (QED) is 0.774. The number of nitrogens with two attached hydrogens (primary N) is 1. The first-order chi connectivity index (χ1) is 9.79.